The van der Waals surface area contributed by atoms with Crippen LogP contribution in [-0.4, -0.2) is 24.4 Å². The van der Waals surface area contributed by atoms with Gasteiger partial charge in [0.25, 0.3) is 0 Å². The second-order valence-corrected chi connectivity index (χ2v) is 5.76. The number of aliphatic hydroxyl groups excluding tert-OH is 1. The number of hydrogen-bond donors (Lipinski definition) is 2. The molecule has 0 fully saturated rings. The monoisotopic (exact) mass is 311 g/mol. The van der Waals surface area contributed by atoms with Crippen LogP contribution in [0.5, 0.6) is 5.75 Å². The summed E-state index contributed by atoms with van der Waals surface area (Å²) < 4.78 is 5.76. The Hall–Kier alpha value is -2.26. The van der Waals surface area contributed by atoms with E-state index >= 15 is 0 Å². The molecule has 1 atom stereocenters. The molecule has 23 heavy (non-hydrogen) atoms. The molecular formula is C20H25NO2. The number of rotatable bonds is 8. The molecule has 0 amide bonds. The molecule has 2 aromatic carbocycles. The van der Waals surface area contributed by atoms with Crippen molar-refractivity contribution >= 4 is 5.69 Å². The van der Waals surface area contributed by atoms with Crippen molar-refractivity contribution in [2.75, 3.05) is 18.5 Å². The molecule has 3 nitrogen and oxygen atoms in total. The van der Waals surface area contributed by atoms with Gasteiger partial charge in [-0.15, -0.1) is 6.58 Å². The van der Waals surface area contributed by atoms with Gasteiger partial charge in [0.15, 0.2) is 0 Å². The minimum Gasteiger partial charge on any atom is -0.491 e. The Morgan fingerprint density at radius 2 is 2.00 bits per heavy atom. The Bertz CT molecular complexity index is 652. The fourth-order valence-corrected chi connectivity index (χ4v) is 2.37. The van der Waals surface area contributed by atoms with Gasteiger partial charge in [0.2, 0.25) is 0 Å². The van der Waals surface area contributed by atoms with E-state index in [1.54, 1.807) is 0 Å². The van der Waals surface area contributed by atoms with E-state index in [2.05, 4.69) is 43.9 Å². The molecule has 0 heterocycles. The molecule has 122 valence electrons. The summed E-state index contributed by atoms with van der Waals surface area (Å²) in [5.74, 6) is 0.804. The Kier molecular flexibility index (Phi) is 6.24. The second kappa shape index (κ2) is 8.39. The maximum absolute atomic E-state index is 10.1. The van der Waals surface area contributed by atoms with Crippen molar-refractivity contribution in [2.24, 2.45) is 0 Å². The highest BCUT2D eigenvalue weighted by Gasteiger charge is 2.08. The summed E-state index contributed by atoms with van der Waals surface area (Å²) >= 11 is 0. The molecule has 0 aliphatic rings. The highest BCUT2D eigenvalue weighted by atomic mass is 16.5. The molecule has 0 saturated heterocycles. The number of aliphatic hydroxyl groups is 1. The third-order valence-electron chi connectivity index (χ3n) is 3.69. The highest BCUT2D eigenvalue weighted by molar-refractivity contribution is 5.52. The summed E-state index contributed by atoms with van der Waals surface area (Å²) in [4.78, 5) is 0. The summed E-state index contributed by atoms with van der Waals surface area (Å²) in [6.45, 7) is 8.57. The smallest absolute Gasteiger partial charge is 0.122 e. The maximum Gasteiger partial charge on any atom is 0.122 e. The zero-order chi connectivity index (χ0) is 16.7. The van der Waals surface area contributed by atoms with Crippen LogP contribution in [0.2, 0.25) is 0 Å². The van der Waals surface area contributed by atoms with Gasteiger partial charge in [0.1, 0.15) is 18.5 Å². The number of anilines is 1. The van der Waals surface area contributed by atoms with Crippen molar-refractivity contribution in [3.8, 4) is 5.75 Å². The zero-order valence-electron chi connectivity index (χ0n) is 13.9. The average molecular weight is 311 g/mol. The van der Waals surface area contributed by atoms with Gasteiger partial charge < -0.3 is 15.2 Å². The predicted octanol–water partition coefficient (Wildman–Crippen LogP) is 3.88. The fraction of sp³-hybridized carbons (Fsp3) is 0.300. The molecular weight excluding hydrogens is 286 g/mol. The SMILES string of the molecule is C=CCc1ccccc1OCC(O)CNc1cc(C)ccc1C. The lowest BCUT2D eigenvalue weighted by molar-refractivity contribution is 0.117. The van der Waals surface area contributed by atoms with Crippen LogP contribution in [0.1, 0.15) is 16.7 Å². The van der Waals surface area contributed by atoms with E-state index in [1.165, 1.54) is 11.1 Å². The molecule has 0 aliphatic heterocycles. The van der Waals surface area contributed by atoms with Crippen LogP contribution in [-0.2, 0) is 6.42 Å². The minimum atomic E-state index is -0.577. The van der Waals surface area contributed by atoms with E-state index in [9.17, 15) is 5.11 Å². The van der Waals surface area contributed by atoms with E-state index in [4.69, 9.17) is 4.74 Å². The molecule has 0 spiro atoms. The molecule has 0 saturated carbocycles. The summed E-state index contributed by atoms with van der Waals surface area (Å²) in [5, 5.41) is 13.4. The van der Waals surface area contributed by atoms with Crippen molar-refractivity contribution < 1.29 is 9.84 Å². The summed E-state index contributed by atoms with van der Waals surface area (Å²) in [7, 11) is 0. The van der Waals surface area contributed by atoms with Gasteiger partial charge in [-0.3, -0.25) is 0 Å². The van der Waals surface area contributed by atoms with Crippen molar-refractivity contribution in [3.63, 3.8) is 0 Å². The van der Waals surface area contributed by atoms with Crippen molar-refractivity contribution in [1.82, 2.24) is 0 Å². The number of ether oxygens (including phenoxy) is 1. The Morgan fingerprint density at radius 1 is 1.22 bits per heavy atom. The minimum absolute atomic E-state index is 0.256. The zero-order valence-corrected chi connectivity index (χ0v) is 13.9. The number of hydrogen-bond acceptors (Lipinski definition) is 3. The van der Waals surface area contributed by atoms with Crippen LogP contribution in [0, 0.1) is 13.8 Å². The normalized spacial score (nSPS) is 11.8. The quantitative estimate of drug-likeness (QED) is 0.727. The Labute approximate surface area is 138 Å². The van der Waals surface area contributed by atoms with E-state index < -0.39 is 6.10 Å². The number of nitrogens with one attached hydrogen (secondary N) is 1. The second-order valence-electron chi connectivity index (χ2n) is 5.76. The molecule has 0 bridgehead atoms. The highest BCUT2D eigenvalue weighted by Crippen LogP contribution is 2.19. The fourth-order valence-electron chi connectivity index (χ4n) is 2.37. The lowest BCUT2D eigenvalue weighted by Crippen LogP contribution is -2.26. The van der Waals surface area contributed by atoms with Crippen LogP contribution < -0.4 is 10.1 Å². The first-order chi connectivity index (χ1) is 11.1. The van der Waals surface area contributed by atoms with Gasteiger partial charge in [-0.25, -0.2) is 0 Å². The van der Waals surface area contributed by atoms with Gasteiger partial charge in [-0.1, -0.05) is 36.4 Å². The van der Waals surface area contributed by atoms with Gasteiger partial charge in [0.05, 0.1) is 0 Å². The lowest BCUT2D eigenvalue weighted by Gasteiger charge is -2.17. The average Bonchev–Trinajstić information content (AvgIpc) is 2.55. The van der Waals surface area contributed by atoms with Crippen LogP contribution >= 0.6 is 0 Å². The molecule has 0 aromatic heterocycles. The van der Waals surface area contributed by atoms with Crippen LogP contribution in [0.4, 0.5) is 5.69 Å². The first kappa shape index (κ1) is 17.1. The van der Waals surface area contributed by atoms with Crippen molar-refractivity contribution in [2.45, 2.75) is 26.4 Å². The summed E-state index contributed by atoms with van der Waals surface area (Å²) in [5.41, 5.74) is 4.50. The summed E-state index contributed by atoms with van der Waals surface area (Å²) in [6.07, 6.45) is 2.03. The molecule has 0 radical (unpaired) electrons. The van der Waals surface area contributed by atoms with Crippen LogP contribution in [0.3, 0.4) is 0 Å². The number of aryl methyl sites for hydroxylation is 2. The van der Waals surface area contributed by atoms with Gasteiger partial charge in [-0.2, -0.15) is 0 Å². The van der Waals surface area contributed by atoms with Gasteiger partial charge in [-0.05, 0) is 49.1 Å². The van der Waals surface area contributed by atoms with Crippen LogP contribution in [0.15, 0.2) is 55.1 Å². The Balaban J connectivity index is 1.87. The van der Waals surface area contributed by atoms with E-state index in [-0.39, 0.29) is 6.61 Å². The predicted molar refractivity (Wildman–Crippen MR) is 96.3 cm³/mol. The molecule has 2 rings (SSSR count). The van der Waals surface area contributed by atoms with E-state index in [0.29, 0.717) is 6.54 Å². The van der Waals surface area contributed by atoms with Gasteiger partial charge >= 0.3 is 0 Å². The topological polar surface area (TPSA) is 41.5 Å². The lowest BCUT2D eigenvalue weighted by atomic mass is 10.1. The molecule has 2 N–H and O–H groups in total. The number of allylic oxidation sites excluding steroid dienone is 1. The molecule has 3 heteroatoms. The molecule has 1 unspecified atom stereocenters. The number of benzene rings is 2. The van der Waals surface area contributed by atoms with E-state index in [0.717, 1.165) is 23.4 Å². The number of para-hydroxylation sites is 1. The third-order valence-corrected chi connectivity index (χ3v) is 3.69. The molecule has 0 aliphatic carbocycles. The van der Waals surface area contributed by atoms with Crippen LogP contribution in [0.25, 0.3) is 0 Å². The molecule has 2 aromatic rings. The summed E-state index contributed by atoms with van der Waals surface area (Å²) in [6, 6.07) is 14.1. The van der Waals surface area contributed by atoms with Crippen molar-refractivity contribution in [3.05, 3.63) is 71.8 Å². The largest absolute Gasteiger partial charge is 0.491 e. The third kappa shape index (κ3) is 5.15. The standard InChI is InChI=1S/C20H25NO2/c1-4-7-17-8-5-6-9-20(17)23-14-18(22)13-21-19-12-15(2)10-11-16(19)3/h4-6,8-12,18,21-22H,1,7,13-14H2,2-3H3. The first-order valence-corrected chi connectivity index (χ1v) is 7.91. The van der Waals surface area contributed by atoms with Crippen molar-refractivity contribution in [1.29, 1.82) is 0 Å². The van der Waals surface area contributed by atoms with Gasteiger partial charge in [0, 0.05) is 12.2 Å². The Morgan fingerprint density at radius 3 is 2.78 bits per heavy atom. The first-order valence-electron chi connectivity index (χ1n) is 7.91. The maximum atomic E-state index is 10.1. The van der Waals surface area contributed by atoms with E-state index in [1.807, 2.05) is 30.3 Å².